The van der Waals surface area contributed by atoms with Gasteiger partial charge in [-0.05, 0) is 11.6 Å². The zero-order chi connectivity index (χ0) is 15.2. The standard InChI is InChI=1S/C15H14N2O4/c18-14(11-5-2-1-3-6-11)10-16-9-12-7-4-8-13(15(12)19)17(20)21/h1-9,14,18-19H,10H2. The van der Waals surface area contributed by atoms with Crippen molar-refractivity contribution in [2.45, 2.75) is 6.10 Å². The second kappa shape index (κ2) is 6.62. The van der Waals surface area contributed by atoms with Crippen molar-refractivity contribution >= 4 is 11.9 Å². The van der Waals surface area contributed by atoms with E-state index < -0.39 is 16.8 Å². The fourth-order valence-corrected chi connectivity index (χ4v) is 1.83. The Bertz CT molecular complexity index is 656. The van der Waals surface area contributed by atoms with Gasteiger partial charge in [-0.25, -0.2) is 0 Å². The number of para-hydroxylation sites is 1. The van der Waals surface area contributed by atoms with E-state index in [4.69, 9.17) is 0 Å². The van der Waals surface area contributed by atoms with Crippen LogP contribution in [0.5, 0.6) is 5.75 Å². The molecule has 2 aromatic rings. The van der Waals surface area contributed by atoms with Crippen molar-refractivity contribution in [2.75, 3.05) is 6.54 Å². The second-order valence-electron chi connectivity index (χ2n) is 4.39. The van der Waals surface area contributed by atoms with Gasteiger partial charge in [-0.1, -0.05) is 36.4 Å². The van der Waals surface area contributed by atoms with Crippen molar-refractivity contribution in [1.82, 2.24) is 0 Å². The van der Waals surface area contributed by atoms with E-state index in [-0.39, 0.29) is 17.8 Å². The minimum Gasteiger partial charge on any atom is -0.502 e. The zero-order valence-electron chi connectivity index (χ0n) is 11.1. The molecule has 2 rings (SSSR count). The third-order valence-corrected chi connectivity index (χ3v) is 2.94. The Morgan fingerprint density at radius 3 is 2.57 bits per heavy atom. The largest absolute Gasteiger partial charge is 0.502 e. The number of aliphatic hydroxyl groups excluding tert-OH is 1. The lowest BCUT2D eigenvalue weighted by molar-refractivity contribution is -0.385. The third-order valence-electron chi connectivity index (χ3n) is 2.94. The predicted octanol–water partition coefficient (Wildman–Crippen LogP) is 2.45. The molecule has 2 N–H and O–H groups in total. The molecule has 0 fully saturated rings. The summed E-state index contributed by atoms with van der Waals surface area (Å²) >= 11 is 0. The quantitative estimate of drug-likeness (QED) is 0.501. The molecule has 0 saturated heterocycles. The first-order chi connectivity index (χ1) is 10.1. The lowest BCUT2D eigenvalue weighted by atomic mass is 10.1. The summed E-state index contributed by atoms with van der Waals surface area (Å²) in [7, 11) is 0. The summed E-state index contributed by atoms with van der Waals surface area (Å²) in [6.07, 6.45) is 0.553. The van der Waals surface area contributed by atoms with Gasteiger partial charge in [0.1, 0.15) is 0 Å². The van der Waals surface area contributed by atoms with Crippen molar-refractivity contribution in [3.8, 4) is 5.75 Å². The van der Waals surface area contributed by atoms with Crippen LogP contribution in [-0.4, -0.2) is 27.9 Å². The van der Waals surface area contributed by atoms with E-state index in [0.717, 1.165) is 5.56 Å². The van der Waals surface area contributed by atoms with Crippen LogP contribution in [0.2, 0.25) is 0 Å². The monoisotopic (exact) mass is 286 g/mol. The van der Waals surface area contributed by atoms with E-state index >= 15 is 0 Å². The first kappa shape index (κ1) is 14.7. The maximum absolute atomic E-state index is 10.7. The highest BCUT2D eigenvalue weighted by atomic mass is 16.6. The minimum atomic E-state index is -0.761. The van der Waals surface area contributed by atoms with Crippen LogP contribution in [0.1, 0.15) is 17.2 Å². The summed E-state index contributed by atoms with van der Waals surface area (Å²) < 4.78 is 0. The Labute approximate surface area is 121 Å². The predicted molar refractivity (Wildman–Crippen MR) is 78.6 cm³/mol. The number of phenolic OH excluding ortho intramolecular Hbond substituents is 1. The van der Waals surface area contributed by atoms with Crippen LogP contribution in [0.4, 0.5) is 5.69 Å². The van der Waals surface area contributed by atoms with Gasteiger partial charge >= 0.3 is 5.69 Å². The molecule has 0 amide bonds. The topological polar surface area (TPSA) is 96.0 Å². The fraction of sp³-hybridized carbons (Fsp3) is 0.133. The first-order valence-electron chi connectivity index (χ1n) is 6.29. The molecule has 6 nitrogen and oxygen atoms in total. The highest BCUT2D eigenvalue weighted by Crippen LogP contribution is 2.28. The van der Waals surface area contributed by atoms with Crippen LogP contribution in [0.25, 0.3) is 0 Å². The summed E-state index contributed by atoms with van der Waals surface area (Å²) in [6.45, 7) is 0.103. The molecule has 108 valence electrons. The number of nitrogens with zero attached hydrogens (tertiary/aromatic N) is 2. The Balaban J connectivity index is 2.09. The summed E-state index contributed by atoms with van der Waals surface area (Å²) in [5.41, 5.74) is 0.602. The number of rotatable bonds is 5. The van der Waals surface area contributed by atoms with Crippen LogP contribution in [0.3, 0.4) is 0 Å². The van der Waals surface area contributed by atoms with Gasteiger partial charge in [0.2, 0.25) is 5.75 Å². The maximum atomic E-state index is 10.7. The van der Waals surface area contributed by atoms with Crippen molar-refractivity contribution in [2.24, 2.45) is 4.99 Å². The zero-order valence-corrected chi connectivity index (χ0v) is 11.1. The van der Waals surface area contributed by atoms with Gasteiger partial charge in [0.25, 0.3) is 0 Å². The summed E-state index contributed by atoms with van der Waals surface area (Å²) in [5.74, 6) is -0.430. The Kier molecular flexibility index (Phi) is 4.63. The second-order valence-corrected chi connectivity index (χ2v) is 4.39. The summed E-state index contributed by atoms with van der Waals surface area (Å²) in [4.78, 5) is 14.1. The molecule has 0 aliphatic rings. The highest BCUT2D eigenvalue weighted by Gasteiger charge is 2.15. The number of aliphatic hydroxyl groups is 1. The molecule has 6 heteroatoms. The van der Waals surface area contributed by atoms with Gasteiger partial charge in [0.15, 0.2) is 0 Å². The molecular weight excluding hydrogens is 272 g/mol. The Hall–Kier alpha value is -2.73. The number of nitro benzene ring substituents is 1. The summed E-state index contributed by atoms with van der Waals surface area (Å²) in [6, 6.07) is 13.2. The van der Waals surface area contributed by atoms with E-state index in [1.54, 1.807) is 12.1 Å². The van der Waals surface area contributed by atoms with E-state index in [9.17, 15) is 20.3 Å². The SMILES string of the molecule is O=[N+]([O-])c1cccc(C=NCC(O)c2ccccc2)c1O. The van der Waals surface area contributed by atoms with Gasteiger partial charge < -0.3 is 10.2 Å². The first-order valence-corrected chi connectivity index (χ1v) is 6.29. The maximum Gasteiger partial charge on any atom is 0.311 e. The highest BCUT2D eigenvalue weighted by molar-refractivity contribution is 5.85. The van der Waals surface area contributed by atoms with E-state index in [1.807, 2.05) is 18.2 Å². The molecule has 0 aromatic heterocycles. The average Bonchev–Trinajstić information content (AvgIpc) is 2.49. The molecule has 0 bridgehead atoms. The number of phenols is 1. The molecule has 21 heavy (non-hydrogen) atoms. The molecule has 0 spiro atoms. The van der Waals surface area contributed by atoms with Gasteiger partial charge in [0, 0.05) is 17.8 Å². The molecule has 2 aromatic carbocycles. The van der Waals surface area contributed by atoms with Gasteiger partial charge in [-0.2, -0.15) is 0 Å². The number of hydrogen-bond donors (Lipinski definition) is 2. The number of hydrogen-bond acceptors (Lipinski definition) is 5. The van der Waals surface area contributed by atoms with E-state index in [2.05, 4.69) is 4.99 Å². The average molecular weight is 286 g/mol. The van der Waals surface area contributed by atoms with Gasteiger partial charge in [-0.15, -0.1) is 0 Å². The fourth-order valence-electron chi connectivity index (χ4n) is 1.83. The minimum absolute atomic E-state index is 0.103. The number of aromatic hydroxyl groups is 1. The molecule has 0 aliphatic carbocycles. The van der Waals surface area contributed by atoms with Crippen molar-refractivity contribution < 1.29 is 15.1 Å². The molecule has 0 heterocycles. The van der Waals surface area contributed by atoms with Crippen LogP contribution in [0, 0.1) is 10.1 Å². The Morgan fingerprint density at radius 2 is 1.90 bits per heavy atom. The lowest BCUT2D eigenvalue weighted by Gasteiger charge is -2.07. The van der Waals surface area contributed by atoms with Crippen molar-refractivity contribution in [1.29, 1.82) is 0 Å². The smallest absolute Gasteiger partial charge is 0.311 e. The van der Waals surface area contributed by atoms with E-state index in [1.165, 1.54) is 24.4 Å². The van der Waals surface area contributed by atoms with Crippen molar-refractivity contribution in [3.63, 3.8) is 0 Å². The lowest BCUT2D eigenvalue weighted by Crippen LogP contribution is -2.01. The van der Waals surface area contributed by atoms with Crippen LogP contribution >= 0.6 is 0 Å². The summed E-state index contributed by atoms with van der Waals surface area (Å²) in [5, 5.41) is 30.4. The van der Waals surface area contributed by atoms with E-state index in [0.29, 0.717) is 0 Å². The van der Waals surface area contributed by atoms with Crippen LogP contribution < -0.4 is 0 Å². The molecule has 0 aliphatic heterocycles. The third kappa shape index (κ3) is 3.64. The number of benzene rings is 2. The molecular formula is C15H14N2O4. The van der Waals surface area contributed by atoms with Crippen LogP contribution in [-0.2, 0) is 0 Å². The molecule has 1 unspecified atom stereocenters. The Morgan fingerprint density at radius 1 is 1.19 bits per heavy atom. The number of aliphatic imine (C=N–C) groups is 1. The van der Waals surface area contributed by atoms with Gasteiger partial charge in [-0.3, -0.25) is 15.1 Å². The molecule has 0 radical (unpaired) electrons. The molecule has 0 saturated carbocycles. The normalized spacial score (nSPS) is 12.4. The number of nitro groups is 1. The molecule has 1 atom stereocenters. The van der Waals surface area contributed by atoms with Crippen molar-refractivity contribution in [3.05, 3.63) is 69.8 Å². The van der Waals surface area contributed by atoms with Gasteiger partial charge in [0.05, 0.1) is 17.6 Å². The van der Waals surface area contributed by atoms with Crippen LogP contribution in [0.15, 0.2) is 53.5 Å².